The number of rotatable bonds is 3. The molecule has 1 heterocycles. The van der Waals surface area contributed by atoms with E-state index in [0.29, 0.717) is 12.0 Å². The van der Waals surface area contributed by atoms with Crippen LogP contribution >= 0.6 is 0 Å². The number of phenolic OH excluding ortho intramolecular Hbond substituents is 2. The largest absolute Gasteiger partial charge is 0.507 e. The molecule has 2 rings (SSSR count). The van der Waals surface area contributed by atoms with Crippen molar-refractivity contribution >= 4 is 16.9 Å². The maximum absolute atomic E-state index is 11.8. The number of benzene rings is 1. The van der Waals surface area contributed by atoms with Crippen LogP contribution in [0.15, 0.2) is 10.9 Å². The van der Waals surface area contributed by atoms with E-state index >= 15 is 0 Å². The Labute approximate surface area is 103 Å². The van der Waals surface area contributed by atoms with Crippen LogP contribution < -0.4 is 11.3 Å². The van der Waals surface area contributed by atoms with E-state index < -0.39 is 5.56 Å². The fourth-order valence-electron chi connectivity index (χ4n) is 1.92. The molecule has 1 aromatic heterocycles. The average molecular weight is 249 g/mol. The van der Waals surface area contributed by atoms with Gasteiger partial charge >= 0.3 is 0 Å². The van der Waals surface area contributed by atoms with Crippen molar-refractivity contribution in [3.8, 4) is 11.5 Å². The van der Waals surface area contributed by atoms with Crippen molar-refractivity contribution in [3.05, 3.63) is 22.0 Å². The molecule has 0 radical (unpaired) electrons. The summed E-state index contributed by atoms with van der Waals surface area (Å²) in [5.41, 5.74) is 5.41. The first-order valence-corrected chi connectivity index (χ1v) is 5.78. The van der Waals surface area contributed by atoms with Gasteiger partial charge in [-0.2, -0.15) is 0 Å². The standard InChI is InChI=1S/C12H15N3O3/c1-2-3-4-6-5-7(16)9-8(10(6)17)11(18)15-12(13)14-9/h5,16-17H,2-4H2,1H3,(H3,13,14,15,18). The molecule has 2 aromatic rings. The van der Waals surface area contributed by atoms with Gasteiger partial charge in [0.05, 0.1) is 0 Å². The lowest BCUT2D eigenvalue weighted by Crippen LogP contribution is -2.12. The van der Waals surface area contributed by atoms with Gasteiger partial charge < -0.3 is 15.9 Å². The van der Waals surface area contributed by atoms with Crippen LogP contribution in [0.5, 0.6) is 11.5 Å². The minimum Gasteiger partial charge on any atom is -0.507 e. The monoisotopic (exact) mass is 249 g/mol. The molecule has 0 saturated carbocycles. The first kappa shape index (κ1) is 12.2. The summed E-state index contributed by atoms with van der Waals surface area (Å²) in [6, 6.07) is 1.43. The molecule has 0 saturated heterocycles. The Balaban J connectivity index is 2.73. The predicted molar refractivity (Wildman–Crippen MR) is 68.7 cm³/mol. The van der Waals surface area contributed by atoms with E-state index in [-0.39, 0.29) is 28.4 Å². The molecule has 0 aliphatic carbocycles. The molecule has 18 heavy (non-hydrogen) atoms. The molecule has 96 valence electrons. The number of anilines is 1. The number of aromatic nitrogens is 2. The Hall–Kier alpha value is -2.24. The summed E-state index contributed by atoms with van der Waals surface area (Å²) < 4.78 is 0. The summed E-state index contributed by atoms with van der Waals surface area (Å²) in [6.45, 7) is 2.02. The molecule has 0 aliphatic heterocycles. The summed E-state index contributed by atoms with van der Waals surface area (Å²) in [4.78, 5) is 17.9. The first-order chi connectivity index (χ1) is 8.54. The number of nitrogens with one attached hydrogen (secondary N) is 1. The van der Waals surface area contributed by atoms with E-state index in [1.165, 1.54) is 6.07 Å². The quantitative estimate of drug-likeness (QED) is 0.612. The van der Waals surface area contributed by atoms with Gasteiger partial charge in [-0.15, -0.1) is 0 Å². The van der Waals surface area contributed by atoms with Crippen molar-refractivity contribution in [1.29, 1.82) is 0 Å². The van der Waals surface area contributed by atoms with Gasteiger partial charge in [-0.05, 0) is 24.5 Å². The molecule has 0 fully saturated rings. The highest BCUT2D eigenvalue weighted by molar-refractivity contribution is 5.90. The third-order valence-electron chi connectivity index (χ3n) is 2.83. The number of aryl methyl sites for hydroxylation is 1. The second-order valence-electron chi connectivity index (χ2n) is 4.18. The topological polar surface area (TPSA) is 112 Å². The number of hydrogen-bond acceptors (Lipinski definition) is 5. The molecule has 6 heteroatoms. The van der Waals surface area contributed by atoms with Gasteiger partial charge in [-0.3, -0.25) is 9.78 Å². The number of aromatic hydroxyl groups is 2. The minimum absolute atomic E-state index is 0.0182. The molecule has 0 spiro atoms. The summed E-state index contributed by atoms with van der Waals surface area (Å²) in [7, 11) is 0. The van der Waals surface area contributed by atoms with Crippen LogP contribution in [0.25, 0.3) is 10.9 Å². The van der Waals surface area contributed by atoms with Crippen molar-refractivity contribution in [2.45, 2.75) is 26.2 Å². The molecular formula is C12H15N3O3. The zero-order valence-electron chi connectivity index (χ0n) is 10.0. The van der Waals surface area contributed by atoms with Gasteiger partial charge in [0.25, 0.3) is 5.56 Å². The molecular weight excluding hydrogens is 234 g/mol. The van der Waals surface area contributed by atoms with Crippen molar-refractivity contribution in [2.75, 3.05) is 5.73 Å². The maximum atomic E-state index is 11.8. The van der Waals surface area contributed by atoms with E-state index in [1.54, 1.807) is 0 Å². The third-order valence-corrected chi connectivity index (χ3v) is 2.83. The Morgan fingerprint density at radius 1 is 1.44 bits per heavy atom. The van der Waals surface area contributed by atoms with E-state index in [0.717, 1.165) is 12.8 Å². The molecule has 0 amide bonds. The van der Waals surface area contributed by atoms with Gasteiger partial charge in [0.15, 0.2) is 0 Å². The van der Waals surface area contributed by atoms with E-state index in [9.17, 15) is 15.0 Å². The van der Waals surface area contributed by atoms with E-state index in [4.69, 9.17) is 5.73 Å². The normalized spacial score (nSPS) is 10.9. The highest BCUT2D eigenvalue weighted by Crippen LogP contribution is 2.33. The van der Waals surface area contributed by atoms with Crippen molar-refractivity contribution < 1.29 is 10.2 Å². The van der Waals surface area contributed by atoms with Gasteiger partial charge in [0.2, 0.25) is 5.95 Å². The van der Waals surface area contributed by atoms with E-state index in [1.807, 2.05) is 6.92 Å². The SMILES string of the molecule is CCCCc1cc(O)c2nc(N)[nH]c(=O)c2c1O. The second-order valence-corrected chi connectivity index (χ2v) is 4.18. The van der Waals surface area contributed by atoms with Crippen LogP contribution in [0.3, 0.4) is 0 Å². The zero-order valence-corrected chi connectivity index (χ0v) is 10.0. The number of nitrogens with two attached hydrogens (primary N) is 1. The third kappa shape index (κ3) is 1.97. The van der Waals surface area contributed by atoms with Gasteiger partial charge in [0.1, 0.15) is 22.4 Å². The number of nitrogen functional groups attached to an aromatic ring is 1. The molecule has 5 N–H and O–H groups in total. The highest BCUT2D eigenvalue weighted by atomic mass is 16.3. The van der Waals surface area contributed by atoms with Crippen LogP contribution in [-0.4, -0.2) is 20.2 Å². The van der Waals surface area contributed by atoms with Crippen LogP contribution in [0.2, 0.25) is 0 Å². The lowest BCUT2D eigenvalue weighted by atomic mass is 10.0. The fraction of sp³-hybridized carbons (Fsp3) is 0.333. The molecule has 0 aliphatic rings. The van der Waals surface area contributed by atoms with Crippen molar-refractivity contribution in [2.24, 2.45) is 0 Å². The lowest BCUT2D eigenvalue weighted by molar-refractivity contribution is 0.461. The summed E-state index contributed by atoms with van der Waals surface area (Å²) in [5, 5.41) is 19.9. The Morgan fingerprint density at radius 2 is 2.17 bits per heavy atom. The summed E-state index contributed by atoms with van der Waals surface area (Å²) >= 11 is 0. The van der Waals surface area contributed by atoms with Gasteiger partial charge in [-0.1, -0.05) is 13.3 Å². The van der Waals surface area contributed by atoms with Crippen LogP contribution in [0, 0.1) is 0 Å². The molecule has 0 unspecified atom stereocenters. The Morgan fingerprint density at radius 3 is 2.83 bits per heavy atom. The summed E-state index contributed by atoms with van der Waals surface area (Å²) in [5.74, 6) is -0.375. The van der Waals surface area contributed by atoms with Gasteiger partial charge in [-0.25, -0.2) is 4.98 Å². The van der Waals surface area contributed by atoms with Crippen molar-refractivity contribution in [3.63, 3.8) is 0 Å². The fourth-order valence-corrected chi connectivity index (χ4v) is 1.92. The first-order valence-electron chi connectivity index (χ1n) is 5.78. The maximum Gasteiger partial charge on any atom is 0.264 e. The Bertz CT molecular complexity index is 649. The number of aromatic amines is 1. The average Bonchev–Trinajstić information content (AvgIpc) is 2.31. The lowest BCUT2D eigenvalue weighted by Gasteiger charge is -2.08. The number of H-pyrrole nitrogens is 1. The Kier molecular flexibility index (Phi) is 3.10. The number of nitrogens with zero attached hydrogens (tertiary/aromatic N) is 1. The van der Waals surface area contributed by atoms with Crippen LogP contribution in [0.1, 0.15) is 25.3 Å². The number of unbranched alkanes of at least 4 members (excludes halogenated alkanes) is 1. The van der Waals surface area contributed by atoms with Crippen LogP contribution in [-0.2, 0) is 6.42 Å². The number of fused-ring (bicyclic) bond motifs is 1. The molecule has 6 nitrogen and oxygen atoms in total. The van der Waals surface area contributed by atoms with E-state index in [2.05, 4.69) is 9.97 Å². The van der Waals surface area contributed by atoms with Crippen molar-refractivity contribution in [1.82, 2.24) is 9.97 Å². The molecule has 0 bridgehead atoms. The molecule has 0 atom stereocenters. The number of phenols is 2. The number of hydrogen-bond donors (Lipinski definition) is 4. The summed E-state index contributed by atoms with van der Waals surface area (Å²) in [6.07, 6.45) is 2.41. The second kappa shape index (κ2) is 4.56. The minimum atomic E-state index is -0.552. The molecule has 1 aromatic carbocycles. The highest BCUT2D eigenvalue weighted by Gasteiger charge is 2.15. The smallest absolute Gasteiger partial charge is 0.264 e. The zero-order chi connectivity index (χ0) is 13.3. The van der Waals surface area contributed by atoms with Gasteiger partial charge in [0, 0.05) is 0 Å². The van der Waals surface area contributed by atoms with Crippen LogP contribution in [0.4, 0.5) is 5.95 Å². The predicted octanol–water partition coefficient (Wildman–Crippen LogP) is 1.26.